The van der Waals surface area contributed by atoms with Gasteiger partial charge >= 0.3 is 5.97 Å². The molecule has 0 heterocycles. The minimum Gasteiger partial charge on any atom is -0.481 e. The quantitative estimate of drug-likeness (QED) is 0.561. The zero-order valence-corrected chi connectivity index (χ0v) is 10.9. The lowest BCUT2D eigenvalue weighted by Gasteiger charge is -2.28. The second-order valence-electron chi connectivity index (χ2n) is 4.72. The van der Waals surface area contributed by atoms with Crippen LogP contribution in [0.5, 0.6) is 0 Å². The minimum atomic E-state index is -1.07. The van der Waals surface area contributed by atoms with Crippen LogP contribution >= 0.6 is 0 Å². The third-order valence-electron chi connectivity index (χ3n) is 2.65. The number of carbonyl (C=O) groups is 2. The van der Waals surface area contributed by atoms with Gasteiger partial charge in [-0.1, -0.05) is 13.8 Å². The van der Waals surface area contributed by atoms with Crippen LogP contribution in [0, 0.1) is 5.92 Å². The van der Waals surface area contributed by atoms with Gasteiger partial charge in [-0.3, -0.25) is 9.59 Å². The van der Waals surface area contributed by atoms with E-state index in [4.69, 9.17) is 10.8 Å². The van der Waals surface area contributed by atoms with E-state index in [0.29, 0.717) is 12.5 Å². The van der Waals surface area contributed by atoms with Crippen molar-refractivity contribution in [2.45, 2.75) is 32.4 Å². The maximum Gasteiger partial charge on any atom is 0.305 e. The first-order valence-corrected chi connectivity index (χ1v) is 5.67. The standard InChI is InChI=1S/C11H23N3O3/c1-7(2)9(14(3)4)6-13-11(17)8(12)5-10(15)16/h7-9H,5-6,12H2,1-4H3,(H,13,17)(H,15,16). The normalized spacial score (nSPS) is 14.8. The number of carbonyl (C=O) groups excluding carboxylic acids is 1. The number of nitrogens with one attached hydrogen (secondary N) is 1. The average Bonchev–Trinajstić information content (AvgIpc) is 2.15. The zero-order valence-electron chi connectivity index (χ0n) is 10.9. The summed E-state index contributed by atoms with van der Waals surface area (Å²) in [6.45, 7) is 4.60. The summed E-state index contributed by atoms with van der Waals surface area (Å²) in [6.07, 6.45) is -0.347. The summed E-state index contributed by atoms with van der Waals surface area (Å²) in [5.74, 6) is -1.10. The molecule has 2 atom stereocenters. The second kappa shape index (κ2) is 7.24. The molecule has 0 fully saturated rings. The lowest BCUT2D eigenvalue weighted by atomic mass is 10.0. The van der Waals surface area contributed by atoms with Gasteiger partial charge in [0.1, 0.15) is 0 Å². The van der Waals surface area contributed by atoms with Gasteiger partial charge in [-0.25, -0.2) is 0 Å². The van der Waals surface area contributed by atoms with Crippen LogP contribution in [0.4, 0.5) is 0 Å². The Labute approximate surface area is 102 Å². The van der Waals surface area contributed by atoms with Gasteiger partial charge in [0.25, 0.3) is 0 Å². The molecule has 0 bridgehead atoms. The van der Waals surface area contributed by atoms with E-state index in [9.17, 15) is 9.59 Å². The molecule has 1 amide bonds. The third kappa shape index (κ3) is 6.23. The van der Waals surface area contributed by atoms with Crippen LogP contribution in [-0.4, -0.2) is 54.6 Å². The van der Waals surface area contributed by atoms with Gasteiger partial charge in [0.15, 0.2) is 0 Å². The van der Waals surface area contributed by atoms with Crippen molar-refractivity contribution < 1.29 is 14.7 Å². The van der Waals surface area contributed by atoms with E-state index in [1.165, 1.54) is 0 Å². The van der Waals surface area contributed by atoms with Crippen LogP contribution in [0.15, 0.2) is 0 Å². The highest BCUT2D eigenvalue weighted by atomic mass is 16.4. The van der Waals surface area contributed by atoms with Crippen molar-refractivity contribution in [3.63, 3.8) is 0 Å². The van der Waals surface area contributed by atoms with Crippen LogP contribution in [0.1, 0.15) is 20.3 Å². The Hall–Kier alpha value is -1.14. The molecule has 17 heavy (non-hydrogen) atoms. The first-order chi connectivity index (χ1) is 7.75. The molecule has 0 aliphatic carbocycles. The van der Waals surface area contributed by atoms with Crippen LogP contribution in [-0.2, 0) is 9.59 Å². The number of nitrogens with zero attached hydrogens (tertiary/aromatic N) is 1. The number of aliphatic carboxylic acids is 1. The van der Waals surface area contributed by atoms with Crippen LogP contribution in [0.25, 0.3) is 0 Å². The molecule has 4 N–H and O–H groups in total. The van der Waals surface area contributed by atoms with E-state index in [-0.39, 0.29) is 12.5 Å². The van der Waals surface area contributed by atoms with E-state index < -0.39 is 17.9 Å². The number of carboxylic acid groups (broad SMARTS) is 1. The number of likely N-dealkylation sites (N-methyl/N-ethyl adjacent to an activating group) is 1. The molecule has 6 nitrogen and oxygen atoms in total. The van der Waals surface area contributed by atoms with Crippen molar-refractivity contribution in [2.75, 3.05) is 20.6 Å². The van der Waals surface area contributed by atoms with Gasteiger partial charge in [0, 0.05) is 12.6 Å². The number of carboxylic acids is 1. The van der Waals surface area contributed by atoms with E-state index in [0.717, 1.165) is 0 Å². The maximum atomic E-state index is 11.5. The first-order valence-electron chi connectivity index (χ1n) is 5.67. The van der Waals surface area contributed by atoms with E-state index in [2.05, 4.69) is 19.2 Å². The highest BCUT2D eigenvalue weighted by molar-refractivity contribution is 5.85. The highest BCUT2D eigenvalue weighted by Crippen LogP contribution is 2.06. The fourth-order valence-corrected chi connectivity index (χ4v) is 1.63. The Balaban J connectivity index is 4.17. The molecular weight excluding hydrogens is 222 g/mol. The molecule has 0 aromatic rings. The zero-order chi connectivity index (χ0) is 13.6. The first kappa shape index (κ1) is 15.9. The van der Waals surface area contributed by atoms with E-state index in [1.807, 2.05) is 19.0 Å². The number of hydrogen-bond acceptors (Lipinski definition) is 4. The molecular formula is C11H23N3O3. The summed E-state index contributed by atoms with van der Waals surface area (Å²) in [4.78, 5) is 23.9. The van der Waals surface area contributed by atoms with Crippen molar-refractivity contribution >= 4 is 11.9 Å². The van der Waals surface area contributed by atoms with Crippen molar-refractivity contribution in [2.24, 2.45) is 11.7 Å². The summed E-state index contributed by atoms with van der Waals surface area (Å²) >= 11 is 0. The van der Waals surface area contributed by atoms with Gasteiger partial charge in [0.2, 0.25) is 5.91 Å². The molecule has 100 valence electrons. The molecule has 0 saturated heterocycles. The van der Waals surface area contributed by atoms with Gasteiger partial charge in [-0.2, -0.15) is 0 Å². The van der Waals surface area contributed by atoms with Crippen molar-refractivity contribution in [3.05, 3.63) is 0 Å². The molecule has 0 aromatic heterocycles. The van der Waals surface area contributed by atoms with Crippen molar-refractivity contribution in [1.29, 1.82) is 0 Å². The summed E-state index contributed by atoms with van der Waals surface area (Å²) < 4.78 is 0. The Morgan fingerprint density at radius 2 is 1.88 bits per heavy atom. The van der Waals surface area contributed by atoms with Crippen LogP contribution < -0.4 is 11.1 Å². The number of hydrogen-bond donors (Lipinski definition) is 3. The molecule has 0 aromatic carbocycles. The largest absolute Gasteiger partial charge is 0.481 e. The molecule has 0 radical (unpaired) electrons. The molecule has 0 rings (SSSR count). The van der Waals surface area contributed by atoms with Crippen LogP contribution in [0.2, 0.25) is 0 Å². The van der Waals surface area contributed by atoms with E-state index in [1.54, 1.807) is 0 Å². The second-order valence-corrected chi connectivity index (χ2v) is 4.72. The van der Waals surface area contributed by atoms with Gasteiger partial charge in [0.05, 0.1) is 12.5 Å². The van der Waals surface area contributed by atoms with Crippen molar-refractivity contribution in [3.8, 4) is 0 Å². The lowest BCUT2D eigenvalue weighted by Crippen LogP contribution is -2.48. The Bertz CT molecular complexity index is 259. The SMILES string of the molecule is CC(C)C(CNC(=O)C(N)CC(=O)O)N(C)C. The molecule has 0 aliphatic heterocycles. The fourth-order valence-electron chi connectivity index (χ4n) is 1.63. The van der Waals surface area contributed by atoms with Gasteiger partial charge < -0.3 is 21.1 Å². The van der Waals surface area contributed by atoms with Gasteiger partial charge in [-0.15, -0.1) is 0 Å². The van der Waals surface area contributed by atoms with E-state index >= 15 is 0 Å². The predicted molar refractivity (Wildman–Crippen MR) is 65.6 cm³/mol. The Morgan fingerprint density at radius 3 is 2.24 bits per heavy atom. The molecule has 6 heteroatoms. The summed E-state index contributed by atoms with van der Waals surface area (Å²) in [5.41, 5.74) is 5.45. The van der Waals surface area contributed by atoms with Gasteiger partial charge in [-0.05, 0) is 20.0 Å². The number of nitrogens with two attached hydrogens (primary N) is 1. The topological polar surface area (TPSA) is 95.7 Å². The van der Waals surface area contributed by atoms with Crippen molar-refractivity contribution in [1.82, 2.24) is 10.2 Å². The molecule has 0 aliphatic rings. The molecule has 2 unspecified atom stereocenters. The Morgan fingerprint density at radius 1 is 1.35 bits per heavy atom. The number of amides is 1. The third-order valence-corrected chi connectivity index (χ3v) is 2.65. The summed E-state index contributed by atoms with van der Waals surface area (Å²) in [5, 5.41) is 11.2. The summed E-state index contributed by atoms with van der Waals surface area (Å²) in [6, 6.07) is -0.779. The predicted octanol–water partition coefficient (Wildman–Crippen LogP) is -0.509. The maximum absolute atomic E-state index is 11.5. The number of rotatable bonds is 7. The average molecular weight is 245 g/mol. The Kier molecular flexibility index (Phi) is 6.75. The minimum absolute atomic E-state index is 0.205. The summed E-state index contributed by atoms with van der Waals surface area (Å²) in [7, 11) is 3.88. The monoisotopic (exact) mass is 245 g/mol. The van der Waals surface area contributed by atoms with Crippen LogP contribution in [0.3, 0.4) is 0 Å². The highest BCUT2D eigenvalue weighted by Gasteiger charge is 2.20. The lowest BCUT2D eigenvalue weighted by molar-refractivity contribution is -0.139. The molecule has 0 saturated carbocycles. The fraction of sp³-hybridized carbons (Fsp3) is 0.818. The molecule has 0 spiro atoms. The smallest absolute Gasteiger partial charge is 0.305 e.